The van der Waals surface area contributed by atoms with E-state index in [1.54, 1.807) is 7.11 Å². The van der Waals surface area contributed by atoms with Crippen LogP contribution in [0.15, 0.2) is 42.5 Å². The van der Waals surface area contributed by atoms with Crippen molar-refractivity contribution in [2.24, 2.45) is 0 Å². The predicted octanol–water partition coefficient (Wildman–Crippen LogP) is 3.86. The Morgan fingerprint density at radius 1 is 1.12 bits per heavy atom. The Labute approximate surface area is 150 Å². The van der Waals surface area contributed by atoms with E-state index in [1.165, 1.54) is 5.56 Å². The average Bonchev–Trinajstić information content (AvgIpc) is 2.61. The third-order valence-electron chi connectivity index (χ3n) is 4.15. The van der Waals surface area contributed by atoms with Gasteiger partial charge < -0.3 is 14.8 Å². The fourth-order valence-corrected chi connectivity index (χ4v) is 2.57. The minimum absolute atomic E-state index is 0.0221. The first-order valence-corrected chi connectivity index (χ1v) is 8.63. The number of methoxy groups -OCH3 is 1. The zero-order valence-electron chi connectivity index (χ0n) is 15.5. The van der Waals surface area contributed by atoms with Gasteiger partial charge in [-0.1, -0.05) is 44.2 Å². The van der Waals surface area contributed by atoms with E-state index >= 15 is 0 Å². The summed E-state index contributed by atoms with van der Waals surface area (Å²) in [5, 5.41) is 2.89. The van der Waals surface area contributed by atoms with Crippen molar-refractivity contribution in [2.75, 3.05) is 20.3 Å². The molecule has 0 aromatic heterocycles. The van der Waals surface area contributed by atoms with Gasteiger partial charge in [-0.25, -0.2) is 0 Å². The number of nitrogens with one attached hydrogen (secondary N) is 1. The topological polar surface area (TPSA) is 47.6 Å². The van der Waals surface area contributed by atoms with Gasteiger partial charge in [0, 0.05) is 6.54 Å². The molecular weight excluding hydrogens is 314 g/mol. The van der Waals surface area contributed by atoms with E-state index in [4.69, 9.17) is 9.47 Å². The van der Waals surface area contributed by atoms with Crippen molar-refractivity contribution < 1.29 is 14.3 Å². The Balaban J connectivity index is 1.82. The van der Waals surface area contributed by atoms with Crippen LogP contribution in [0.2, 0.25) is 0 Å². The summed E-state index contributed by atoms with van der Waals surface area (Å²) in [7, 11) is 1.65. The highest BCUT2D eigenvalue weighted by atomic mass is 16.5. The second-order valence-corrected chi connectivity index (χ2v) is 6.38. The number of benzene rings is 2. The van der Waals surface area contributed by atoms with Crippen LogP contribution in [-0.2, 0) is 11.2 Å². The number of para-hydroxylation sites is 1. The molecule has 4 nitrogen and oxygen atoms in total. The molecule has 0 heterocycles. The number of carbonyl (C=O) groups is 1. The van der Waals surface area contributed by atoms with E-state index in [9.17, 15) is 4.79 Å². The summed E-state index contributed by atoms with van der Waals surface area (Å²) < 4.78 is 11.0. The Morgan fingerprint density at radius 2 is 1.88 bits per heavy atom. The molecule has 0 fully saturated rings. The maximum Gasteiger partial charge on any atom is 0.257 e. The number of hydrogen-bond acceptors (Lipinski definition) is 3. The van der Waals surface area contributed by atoms with Crippen LogP contribution in [0.3, 0.4) is 0 Å². The molecule has 2 aromatic carbocycles. The van der Waals surface area contributed by atoms with Crippen molar-refractivity contribution in [1.29, 1.82) is 0 Å². The van der Waals surface area contributed by atoms with Crippen LogP contribution in [0.4, 0.5) is 0 Å². The lowest BCUT2D eigenvalue weighted by Gasteiger charge is -2.13. The van der Waals surface area contributed by atoms with Gasteiger partial charge in [0.2, 0.25) is 0 Å². The van der Waals surface area contributed by atoms with E-state index in [2.05, 4.69) is 25.2 Å². The predicted molar refractivity (Wildman–Crippen MR) is 100 cm³/mol. The Bertz CT molecular complexity index is 710. The highest BCUT2D eigenvalue weighted by Crippen LogP contribution is 2.24. The SMILES string of the molecule is COc1ccccc1CCNC(=O)COc1cc(C(C)C)ccc1C. The molecule has 1 amide bonds. The smallest absolute Gasteiger partial charge is 0.257 e. The quantitative estimate of drug-likeness (QED) is 0.793. The van der Waals surface area contributed by atoms with Gasteiger partial charge >= 0.3 is 0 Å². The molecule has 0 aliphatic rings. The van der Waals surface area contributed by atoms with Gasteiger partial charge in [0.25, 0.3) is 5.91 Å². The Morgan fingerprint density at radius 3 is 2.60 bits per heavy atom. The van der Waals surface area contributed by atoms with Crippen LogP contribution in [0.1, 0.15) is 36.5 Å². The molecular formula is C21H27NO3. The van der Waals surface area contributed by atoms with Gasteiger partial charge in [0.05, 0.1) is 7.11 Å². The number of hydrogen-bond donors (Lipinski definition) is 1. The fourth-order valence-electron chi connectivity index (χ4n) is 2.57. The monoisotopic (exact) mass is 341 g/mol. The largest absolute Gasteiger partial charge is 0.496 e. The van der Waals surface area contributed by atoms with Crippen LogP contribution in [0, 0.1) is 6.92 Å². The molecule has 0 aliphatic carbocycles. The first-order chi connectivity index (χ1) is 12.0. The van der Waals surface area contributed by atoms with Crippen LogP contribution in [0.25, 0.3) is 0 Å². The number of rotatable bonds is 8. The van der Waals surface area contributed by atoms with Crippen LogP contribution < -0.4 is 14.8 Å². The second kappa shape index (κ2) is 9.11. The molecule has 0 aliphatic heterocycles. The molecule has 134 valence electrons. The van der Waals surface area contributed by atoms with Crippen LogP contribution in [-0.4, -0.2) is 26.2 Å². The number of ether oxygens (including phenoxy) is 2. The molecule has 1 N–H and O–H groups in total. The minimum atomic E-state index is -0.121. The molecule has 2 rings (SSSR count). The maximum atomic E-state index is 12.0. The molecule has 0 spiro atoms. The molecule has 0 radical (unpaired) electrons. The highest BCUT2D eigenvalue weighted by Gasteiger charge is 2.08. The van der Waals surface area contributed by atoms with Gasteiger partial charge in [-0.3, -0.25) is 4.79 Å². The lowest BCUT2D eigenvalue weighted by molar-refractivity contribution is -0.123. The molecule has 0 bridgehead atoms. The first-order valence-electron chi connectivity index (χ1n) is 8.63. The van der Waals surface area contributed by atoms with Crippen LogP contribution in [0.5, 0.6) is 11.5 Å². The van der Waals surface area contributed by atoms with Gasteiger partial charge in [-0.05, 0) is 48.1 Å². The average molecular weight is 341 g/mol. The maximum absolute atomic E-state index is 12.0. The second-order valence-electron chi connectivity index (χ2n) is 6.38. The summed E-state index contributed by atoms with van der Waals surface area (Å²) in [6.07, 6.45) is 0.720. The highest BCUT2D eigenvalue weighted by molar-refractivity contribution is 5.77. The summed E-state index contributed by atoms with van der Waals surface area (Å²) in [5.41, 5.74) is 3.31. The molecule has 4 heteroatoms. The van der Waals surface area contributed by atoms with Crippen molar-refractivity contribution in [3.63, 3.8) is 0 Å². The summed E-state index contributed by atoms with van der Waals surface area (Å²) in [5.74, 6) is 1.92. The summed E-state index contributed by atoms with van der Waals surface area (Å²) >= 11 is 0. The zero-order chi connectivity index (χ0) is 18.2. The minimum Gasteiger partial charge on any atom is -0.496 e. The molecule has 0 unspecified atom stereocenters. The van der Waals surface area contributed by atoms with Crippen molar-refractivity contribution in [3.05, 3.63) is 59.2 Å². The number of carbonyl (C=O) groups excluding carboxylic acids is 1. The number of aryl methyl sites for hydroxylation is 1. The Hall–Kier alpha value is -2.49. The van der Waals surface area contributed by atoms with E-state index in [-0.39, 0.29) is 12.5 Å². The Kier molecular flexibility index (Phi) is 6.87. The van der Waals surface area contributed by atoms with E-state index in [0.717, 1.165) is 29.0 Å². The van der Waals surface area contributed by atoms with Crippen molar-refractivity contribution >= 4 is 5.91 Å². The van der Waals surface area contributed by atoms with E-state index < -0.39 is 0 Å². The summed E-state index contributed by atoms with van der Waals surface area (Å²) in [6, 6.07) is 14.0. The van der Waals surface area contributed by atoms with Gasteiger partial charge in [0.1, 0.15) is 11.5 Å². The lowest BCUT2D eigenvalue weighted by atomic mass is 10.0. The van der Waals surface area contributed by atoms with Crippen molar-refractivity contribution in [3.8, 4) is 11.5 Å². The number of amides is 1. The van der Waals surface area contributed by atoms with Crippen LogP contribution >= 0.6 is 0 Å². The first kappa shape index (κ1) is 18.8. The molecule has 0 saturated carbocycles. The standard InChI is InChI=1S/C21H27NO3/c1-15(2)18-10-9-16(3)20(13-18)25-14-21(23)22-12-11-17-7-5-6-8-19(17)24-4/h5-10,13,15H,11-12,14H2,1-4H3,(H,22,23). The summed E-state index contributed by atoms with van der Waals surface area (Å²) in [4.78, 5) is 12.0. The third-order valence-corrected chi connectivity index (χ3v) is 4.15. The van der Waals surface area contributed by atoms with E-state index in [1.807, 2.05) is 43.3 Å². The molecule has 0 saturated heterocycles. The van der Waals surface area contributed by atoms with Gasteiger partial charge in [-0.2, -0.15) is 0 Å². The van der Waals surface area contributed by atoms with Gasteiger partial charge in [-0.15, -0.1) is 0 Å². The van der Waals surface area contributed by atoms with Crippen molar-refractivity contribution in [2.45, 2.75) is 33.1 Å². The summed E-state index contributed by atoms with van der Waals surface area (Å²) in [6.45, 7) is 6.83. The fraction of sp³-hybridized carbons (Fsp3) is 0.381. The lowest BCUT2D eigenvalue weighted by Crippen LogP contribution is -2.30. The normalized spacial score (nSPS) is 10.6. The third kappa shape index (κ3) is 5.52. The van der Waals surface area contributed by atoms with Gasteiger partial charge in [0.15, 0.2) is 6.61 Å². The molecule has 25 heavy (non-hydrogen) atoms. The zero-order valence-corrected chi connectivity index (χ0v) is 15.5. The molecule has 0 atom stereocenters. The van der Waals surface area contributed by atoms with Crippen molar-refractivity contribution in [1.82, 2.24) is 5.32 Å². The van der Waals surface area contributed by atoms with E-state index in [0.29, 0.717) is 12.5 Å². The molecule has 2 aromatic rings.